The first-order chi connectivity index (χ1) is 9.89. The van der Waals surface area contributed by atoms with Crippen molar-refractivity contribution in [2.24, 2.45) is 0 Å². The number of thiophene rings is 1. The van der Waals surface area contributed by atoms with Gasteiger partial charge in [-0.15, -0.1) is 11.3 Å². The Morgan fingerprint density at radius 3 is 2.86 bits per heavy atom. The molecule has 112 valence electrons. The van der Waals surface area contributed by atoms with Gasteiger partial charge in [0, 0.05) is 23.6 Å². The Morgan fingerprint density at radius 2 is 2.19 bits per heavy atom. The molecule has 1 fully saturated rings. The number of rotatable bonds is 2. The van der Waals surface area contributed by atoms with Crippen LogP contribution in [0.5, 0.6) is 0 Å². The van der Waals surface area contributed by atoms with E-state index >= 15 is 0 Å². The van der Waals surface area contributed by atoms with Gasteiger partial charge in [0.1, 0.15) is 21.9 Å². The summed E-state index contributed by atoms with van der Waals surface area (Å²) in [6, 6.07) is 0. The Kier molecular flexibility index (Phi) is 3.57. The highest BCUT2D eigenvalue weighted by Crippen LogP contribution is 2.38. The molecule has 21 heavy (non-hydrogen) atoms. The molecule has 0 spiro atoms. The van der Waals surface area contributed by atoms with Gasteiger partial charge < -0.3 is 10.0 Å². The van der Waals surface area contributed by atoms with Crippen LogP contribution in [0, 0.1) is 6.92 Å². The lowest BCUT2D eigenvalue weighted by Crippen LogP contribution is -2.43. The Labute approximate surface area is 131 Å². The molecule has 1 N–H and O–H groups in total. The first-order valence-electron chi connectivity index (χ1n) is 6.75. The van der Waals surface area contributed by atoms with Crippen molar-refractivity contribution in [1.29, 1.82) is 0 Å². The number of anilines is 1. The van der Waals surface area contributed by atoms with Crippen molar-refractivity contribution >= 4 is 45.1 Å². The van der Waals surface area contributed by atoms with Gasteiger partial charge in [-0.05, 0) is 26.3 Å². The van der Waals surface area contributed by atoms with Crippen LogP contribution in [0.1, 0.15) is 29.1 Å². The van der Waals surface area contributed by atoms with Gasteiger partial charge in [-0.3, -0.25) is 0 Å². The molecule has 0 bridgehead atoms. The first-order valence-corrected chi connectivity index (χ1v) is 8.55. The minimum Gasteiger partial charge on any atom is -0.477 e. The molecular weight excluding hydrogens is 306 g/mol. The van der Waals surface area contributed by atoms with E-state index in [1.165, 1.54) is 17.7 Å². The van der Waals surface area contributed by atoms with Crippen molar-refractivity contribution in [3.63, 3.8) is 0 Å². The van der Waals surface area contributed by atoms with Gasteiger partial charge in [0.15, 0.2) is 0 Å². The standard InChI is InChI=1S/C14H17N3O2S2/c1-8-9-11(17-4-5-20-14(2,3)6-17)15-7-16-12(9)21-10(8)13(18)19/h7H,4-6H2,1-3H3,(H,18,19). The number of aryl methyl sites for hydroxylation is 1. The highest BCUT2D eigenvalue weighted by molar-refractivity contribution is 8.00. The molecule has 0 saturated carbocycles. The monoisotopic (exact) mass is 323 g/mol. The van der Waals surface area contributed by atoms with E-state index in [4.69, 9.17) is 0 Å². The molecule has 3 heterocycles. The molecule has 5 nitrogen and oxygen atoms in total. The summed E-state index contributed by atoms with van der Waals surface area (Å²) in [6.45, 7) is 8.13. The van der Waals surface area contributed by atoms with Crippen LogP contribution in [0.15, 0.2) is 6.33 Å². The Balaban J connectivity index is 2.12. The molecule has 0 radical (unpaired) electrons. The van der Waals surface area contributed by atoms with Crippen LogP contribution in [-0.4, -0.2) is 44.6 Å². The van der Waals surface area contributed by atoms with Crippen molar-refractivity contribution in [2.45, 2.75) is 25.5 Å². The second-order valence-electron chi connectivity index (χ2n) is 5.77. The van der Waals surface area contributed by atoms with Crippen LogP contribution >= 0.6 is 23.1 Å². The molecule has 2 aromatic heterocycles. The van der Waals surface area contributed by atoms with Crippen molar-refractivity contribution in [1.82, 2.24) is 9.97 Å². The lowest BCUT2D eigenvalue weighted by Gasteiger charge is -2.38. The lowest BCUT2D eigenvalue weighted by atomic mass is 10.1. The third-order valence-electron chi connectivity index (χ3n) is 3.63. The number of aromatic nitrogens is 2. The Hall–Kier alpha value is -1.34. The fourth-order valence-corrected chi connectivity index (χ4v) is 4.79. The maximum Gasteiger partial charge on any atom is 0.346 e. The van der Waals surface area contributed by atoms with Gasteiger partial charge in [-0.2, -0.15) is 11.8 Å². The number of carboxylic acids is 1. The van der Waals surface area contributed by atoms with E-state index in [9.17, 15) is 9.90 Å². The average molecular weight is 323 g/mol. The van der Waals surface area contributed by atoms with Gasteiger partial charge in [0.2, 0.25) is 0 Å². The summed E-state index contributed by atoms with van der Waals surface area (Å²) in [5.41, 5.74) is 0.772. The summed E-state index contributed by atoms with van der Waals surface area (Å²) in [7, 11) is 0. The molecule has 1 aliphatic rings. The molecule has 0 aliphatic carbocycles. The Bertz CT molecular complexity index is 712. The fourth-order valence-electron chi connectivity index (χ4n) is 2.69. The first kappa shape index (κ1) is 14.6. The maximum absolute atomic E-state index is 11.3. The number of hydrogen-bond acceptors (Lipinski definition) is 6. The third-order valence-corrected chi connectivity index (χ3v) is 6.11. The Morgan fingerprint density at radius 1 is 1.43 bits per heavy atom. The summed E-state index contributed by atoms with van der Waals surface area (Å²) in [5, 5.41) is 10.2. The molecule has 2 aromatic rings. The molecular formula is C14H17N3O2S2. The van der Waals surface area contributed by atoms with Crippen LogP contribution in [0.3, 0.4) is 0 Å². The summed E-state index contributed by atoms with van der Waals surface area (Å²) in [5.74, 6) is 1.03. The van der Waals surface area contributed by atoms with Gasteiger partial charge in [0.05, 0.1) is 5.39 Å². The number of nitrogens with zero attached hydrogens (tertiary/aromatic N) is 3. The minimum absolute atomic E-state index is 0.176. The van der Waals surface area contributed by atoms with E-state index in [2.05, 4.69) is 28.7 Å². The number of carboxylic acid groups (broad SMARTS) is 1. The summed E-state index contributed by atoms with van der Waals surface area (Å²) >= 11 is 3.19. The highest BCUT2D eigenvalue weighted by Gasteiger charge is 2.30. The zero-order valence-electron chi connectivity index (χ0n) is 12.2. The van der Waals surface area contributed by atoms with E-state index in [1.54, 1.807) is 0 Å². The molecule has 1 aliphatic heterocycles. The quantitative estimate of drug-likeness (QED) is 0.916. The topological polar surface area (TPSA) is 66.3 Å². The SMILES string of the molecule is Cc1c(C(=O)O)sc2ncnc(N3CCSC(C)(C)C3)c12. The van der Waals surface area contributed by atoms with Crippen LogP contribution in [0.4, 0.5) is 5.82 Å². The highest BCUT2D eigenvalue weighted by atomic mass is 32.2. The van der Waals surface area contributed by atoms with Crippen LogP contribution < -0.4 is 4.90 Å². The van der Waals surface area contributed by atoms with E-state index in [0.717, 1.165) is 40.4 Å². The predicted molar refractivity (Wildman–Crippen MR) is 87.9 cm³/mol. The zero-order chi connectivity index (χ0) is 15.2. The second kappa shape index (κ2) is 5.14. The van der Waals surface area contributed by atoms with E-state index in [0.29, 0.717) is 4.88 Å². The van der Waals surface area contributed by atoms with Gasteiger partial charge in [-0.25, -0.2) is 14.8 Å². The van der Waals surface area contributed by atoms with Gasteiger partial charge in [0.25, 0.3) is 0 Å². The van der Waals surface area contributed by atoms with E-state index in [1.807, 2.05) is 18.7 Å². The van der Waals surface area contributed by atoms with Gasteiger partial charge in [-0.1, -0.05) is 0 Å². The number of aromatic carboxylic acids is 1. The predicted octanol–water partition coefficient (Wildman–Crippen LogP) is 3.03. The van der Waals surface area contributed by atoms with Gasteiger partial charge >= 0.3 is 5.97 Å². The molecule has 0 unspecified atom stereocenters. The number of thioether (sulfide) groups is 1. The normalized spacial score (nSPS) is 18.1. The number of hydrogen-bond donors (Lipinski definition) is 1. The van der Waals surface area contributed by atoms with Crippen LogP contribution in [0.2, 0.25) is 0 Å². The van der Waals surface area contributed by atoms with E-state index in [-0.39, 0.29) is 4.75 Å². The van der Waals surface area contributed by atoms with Crippen LogP contribution in [0.25, 0.3) is 10.2 Å². The summed E-state index contributed by atoms with van der Waals surface area (Å²) in [4.78, 5) is 23.4. The van der Waals surface area contributed by atoms with E-state index < -0.39 is 5.97 Å². The van der Waals surface area contributed by atoms with Crippen molar-refractivity contribution in [3.05, 3.63) is 16.8 Å². The largest absolute Gasteiger partial charge is 0.477 e. The smallest absolute Gasteiger partial charge is 0.346 e. The van der Waals surface area contributed by atoms with Crippen molar-refractivity contribution < 1.29 is 9.90 Å². The summed E-state index contributed by atoms with van der Waals surface area (Å²) in [6.07, 6.45) is 1.54. The molecule has 0 aromatic carbocycles. The van der Waals surface area contributed by atoms with Crippen molar-refractivity contribution in [2.75, 3.05) is 23.7 Å². The third kappa shape index (κ3) is 2.60. The molecule has 1 saturated heterocycles. The molecule has 7 heteroatoms. The van der Waals surface area contributed by atoms with Crippen molar-refractivity contribution in [3.8, 4) is 0 Å². The van der Waals surface area contributed by atoms with Crippen LogP contribution in [-0.2, 0) is 0 Å². The second-order valence-corrected chi connectivity index (χ2v) is 8.57. The molecule has 0 atom stereocenters. The number of carbonyl (C=O) groups is 1. The maximum atomic E-state index is 11.3. The lowest BCUT2D eigenvalue weighted by molar-refractivity contribution is 0.0701. The summed E-state index contributed by atoms with van der Waals surface area (Å²) < 4.78 is 0.176. The zero-order valence-corrected chi connectivity index (χ0v) is 13.8. The average Bonchev–Trinajstić information content (AvgIpc) is 2.75. The minimum atomic E-state index is -0.893. The molecule has 0 amide bonds. The fraction of sp³-hybridized carbons (Fsp3) is 0.500. The molecule has 3 rings (SSSR count). The number of fused-ring (bicyclic) bond motifs is 1.